The van der Waals surface area contributed by atoms with Crippen molar-refractivity contribution in [2.75, 3.05) is 0 Å². The van der Waals surface area contributed by atoms with Crippen molar-refractivity contribution in [1.82, 2.24) is 9.97 Å². The molecule has 27 heavy (non-hydrogen) atoms. The van der Waals surface area contributed by atoms with Gasteiger partial charge in [0, 0.05) is 9.99 Å². The molecule has 1 unspecified atom stereocenters. The number of carboxylic acids is 1. The Kier molecular flexibility index (Phi) is 6.55. The van der Waals surface area contributed by atoms with E-state index in [0.29, 0.717) is 17.9 Å². The fourth-order valence-electron chi connectivity index (χ4n) is 2.94. The SMILES string of the molecule is CCCCc1nc(C(=O)O)c(C(Cl)c2ccc(-c3ccccc3I)cc2)[nH]1. The maximum absolute atomic E-state index is 11.6. The van der Waals surface area contributed by atoms with Crippen molar-refractivity contribution in [3.8, 4) is 11.1 Å². The average Bonchev–Trinajstić information content (AvgIpc) is 3.11. The van der Waals surface area contributed by atoms with Gasteiger partial charge in [-0.2, -0.15) is 0 Å². The number of hydrogen-bond donors (Lipinski definition) is 2. The number of nitrogens with one attached hydrogen (secondary N) is 1. The second-order valence-electron chi connectivity index (χ2n) is 6.32. The van der Waals surface area contributed by atoms with Crippen LogP contribution < -0.4 is 0 Å². The third-order valence-corrected chi connectivity index (χ3v) is 5.80. The Hall–Kier alpha value is -1.86. The van der Waals surface area contributed by atoms with Crippen LogP contribution in [0.3, 0.4) is 0 Å². The van der Waals surface area contributed by atoms with Gasteiger partial charge in [0.1, 0.15) is 11.2 Å². The van der Waals surface area contributed by atoms with Crippen LogP contribution in [0.15, 0.2) is 48.5 Å². The van der Waals surface area contributed by atoms with Gasteiger partial charge in [0.2, 0.25) is 0 Å². The van der Waals surface area contributed by atoms with Crippen molar-refractivity contribution in [1.29, 1.82) is 0 Å². The molecule has 0 spiro atoms. The normalized spacial score (nSPS) is 12.1. The number of hydrogen-bond acceptors (Lipinski definition) is 2. The van der Waals surface area contributed by atoms with Gasteiger partial charge in [-0.05, 0) is 51.8 Å². The first-order valence-corrected chi connectivity index (χ1v) is 10.3. The van der Waals surface area contributed by atoms with Crippen molar-refractivity contribution in [2.45, 2.75) is 31.6 Å². The molecule has 1 heterocycles. The van der Waals surface area contributed by atoms with Gasteiger partial charge >= 0.3 is 5.97 Å². The summed E-state index contributed by atoms with van der Waals surface area (Å²) in [6.07, 6.45) is 2.68. The number of nitrogens with zero attached hydrogens (tertiary/aromatic N) is 1. The Morgan fingerprint density at radius 1 is 1.22 bits per heavy atom. The molecule has 3 rings (SSSR count). The Morgan fingerprint density at radius 2 is 1.93 bits per heavy atom. The molecule has 1 atom stereocenters. The largest absolute Gasteiger partial charge is 0.476 e. The van der Waals surface area contributed by atoms with Gasteiger partial charge in [-0.1, -0.05) is 55.8 Å². The Labute approximate surface area is 177 Å². The smallest absolute Gasteiger partial charge is 0.356 e. The molecule has 1 aromatic heterocycles. The number of imidazole rings is 1. The van der Waals surface area contributed by atoms with Crippen LogP contribution in [-0.2, 0) is 6.42 Å². The minimum absolute atomic E-state index is 0.00258. The number of alkyl halides is 1. The molecule has 0 amide bonds. The van der Waals surface area contributed by atoms with Gasteiger partial charge in [0.25, 0.3) is 0 Å². The lowest BCUT2D eigenvalue weighted by Gasteiger charge is -2.11. The first-order chi connectivity index (χ1) is 13.0. The van der Waals surface area contributed by atoms with Crippen molar-refractivity contribution in [3.05, 3.63) is 74.9 Å². The van der Waals surface area contributed by atoms with Crippen LogP contribution in [0.5, 0.6) is 0 Å². The monoisotopic (exact) mass is 494 g/mol. The van der Waals surface area contributed by atoms with E-state index in [-0.39, 0.29) is 5.69 Å². The molecule has 2 N–H and O–H groups in total. The number of carbonyl (C=O) groups is 1. The predicted molar refractivity (Wildman–Crippen MR) is 116 cm³/mol. The third kappa shape index (κ3) is 4.52. The summed E-state index contributed by atoms with van der Waals surface area (Å²) in [5.74, 6) is -0.393. The molecular weight excluding hydrogens is 475 g/mol. The molecule has 0 fully saturated rings. The van der Waals surface area contributed by atoms with Gasteiger partial charge in [0.15, 0.2) is 5.69 Å². The van der Waals surface area contributed by atoms with E-state index in [1.165, 1.54) is 3.57 Å². The number of H-pyrrole nitrogens is 1. The summed E-state index contributed by atoms with van der Waals surface area (Å²) in [7, 11) is 0. The predicted octanol–water partition coefficient (Wildman–Crippen LogP) is 6.05. The zero-order valence-electron chi connectivity index (χ0n) is 14.9. The molecule has 6 heteroatoms. The molecule has 0 saturated carbocycles. The van der Waals surface area contributed by atoms with Crippen LogP contribution in [-0.4, -0.2) is 21.0 Å². The summed E-state index contributed by atoms with van der Waals surface area (Å²) in [6, 6.07) is 16.1. The first-order valence-electron chi connectivity index (χ1n) is 8.82. The summed E-state index contributed by atoms with van der Waals surface area (Å²) in [5.41, 5.74) is 3.53. The Bertz CT molecular complexity index is 938. The quantitative estimate of drug-likeness (QED) is 0.310. The fourth-order valence-corrected chi connectivity index (χ4v) is 3.94. The van der Waals surface area contributed by atoms with Gasteiger partial charge < -0.3 is 10.1 Å². The van der Waals surface area contributed by atoms with E-state index in [1.54, 1.807) is 0 Å². The number of rotatable bonds is 7. The number of aromatic nitrogens is 2. The molecule has 0 radical (unpaired) electrons. The van der Waals surface area contributed by atoms with E-state index in [2.05, 4.69) is 51.6 Å². The minimum atomic E-state index is -1.06. The van der Waals surface area contributed by atoms with Crippen molar-refractivity contribution >= 4 is 40.2 Å². The number of benzene rings is 2. The molecule has 3 aromatic rings. The minimum Gasteiger partial charge on any atom is -0.476 e. The lowest BCUT2D eigenvalue weighted by molar-refractivity contribution is 0.0689. The van der Waals surface area contributed by atoms with E-state index in [1.807, 2.05) is 36.4 Å². The Morgan fingerprint density at radius 3 is 2.56 bits per heavy atom. The molecule has 0 aliphatic carbocycles. The fraction of sp³-hybridized carbons (Fsp3) is 0.238. The summed E-state index contributed by atoms with van der Waals surface area (Å²) < 4.78 is 1.17. The molecule has 2 aromatic carbocycles. The molecule has 0 bridgehead atoms. The number of aromatic carboxylic acids is 1. The maximum atomic E-state index is 11.6. The summed E-state index contributed by atoms with van der Waals surface area (Å²) in [5, 5.41) is 8.89. The van der Waals surface area contributed by atoms with E-state index in [0.717, 1.165) is 29.5 Å². The number of halogens is 2. The van der Waals surface area contributed by atoms with E-state index >= 15 is 0 Å². The highest BCUT2D eigenvalue weighted by Crippen LogP contribution is 2.32. The number of carboxylic acid groups (broad SMARTS) is 1. The van der Waals surface area contributed by atoms with E-state index in [4.69, 9.17) is 11.6 Å². The van der Waals surface area contributed by atoms with Crippen LogP contribution in [0.4, 0.5) is 0 Å². The second kappa shape index (κ2) is 8.89. The van der Waals surface area contributed by atoms with Crippen molar-refractivity contribution in [2.24, 2.45) is 0 Å². The third-order valence-electron chi connectivity index (χ3n) is 4.39. The van der Waals surface area contributed by atoms with Gasteiger partial charge in [-0.15, -0.1) is 11.6 Å². The first kappa shape index (κ1) is 19.9. The lowest BCUT2D eigenvalue weighted by atomic mass is 10.0. The zero-order chi connectivity index (χ0) is 19.4. The van der Waals surface area contributed by atoms with Gasteiger partial charge in [0.05, 0.1) is 5.69 Å². The topological polar surface area (TPSA) is 66.0 Å². The molecule has 140 valence electrons. The molecular formula is C21H20ClIN2O2. The van der Waals surface area contributed by atoms with Crippen LogP contribution >= 0.6 is 34.2 Å². The number of aryl methyl sites for hydroxylation is 1. The summed E-state index contributed by atoms with van der Waals surface area (Å²) >= 11 is 8.94. The molecule has 4 nitrogen and oxygen atoms in total. The average molecular weight is 495 g/mol. The lowest BCUT2D eigenvalue weighted by Crippen LogP contribution is -2.04. The van der Waals surface area contributed by atoms with E-state index < -0.39 is 11.3 Å². The van der Waals surface area contributed by atoms with Crippen molar-refractivity contribution < 1.29 is 9.90 Å². The van der Waals surface area contributed by atoms with Gasteiger partial charge in [-0.3, -0.25) is 0 Å². The standard InChI is InChI=1S/C21H20ClIN2O2/c1-2-3-8-17-24-19(20(25-17)21(26)27)18(22)14-11-9-13(10-12-14)15-6-4-5-7-16(15)23/h4-7,9-12,18H,2-3,8H2,1H3,(H,24,25)(H,26,27). The maximum Gasteiger partial charge on any atom is 0.356 e. The van der Waals surface area contributed by atoms with Gasteiger partial charge in [-0.25, -0.2) is 9.78 Å². The van der Waals surface area contributed by atoms with Crippen LogP contribution in [0.25, 0.3) is 11.1 Å². The highest BCUT2D eigenvalue weighted by molar-refractivity contribution is 14.1. The van der Waals surface area contributed by atoms with Crippen molar-refractivity contribution in [3.63, 3.8) is 0 Å². The van der Waals surface area contributed by atoms with Crippen LogP contribution in [0, 0.1) is 3.57 Å². The molecule has 0 saturated heterocycles. The molecule has 0 aliphatic rings. The van der Waals surface area contributed by atoms with E-state index in [9.17, 15) is 9.90 Å². The summed E-state index contributed by atoms with van der Waals surface area (Å²) in [6.45, 7) is 2.09. The zero-order valence-corrected chi connectivity index (χ0v) is 17.8. The highest BCUT2D eigenvalue weighted by atomic mass is 127. The number of unbranched alkanes of at least 4 members (excludes halogenated alkanes) is 1. The number of aromatic amines is 1. The van der Waals surface area contributed by atoms with Crippen LogP contribution in [0.1, 0.15) is 52.7 Å². The van der Waals surface area contributed by atoms with Crippen LogP contribution in [0.2, 0.25) is 0 Å². The Balaban J connectivity index is 1.89. The second-order valence-corrected chi connectivity index (χ2v) is 7.92. The molecule has 0 aliphatic heterocycles. The highest BCUT2D eigenvalue weighted by Gasteiger charge is 2.23. The summed E-state index contributed by atoms with van der Waals surface area (Å²) in [4.78, 5) is 18.9.